The Labute approximate surface area is 137 Å². The maximum absolute atomic E-state index is 13.1. The molecule has 0 radical (unpaired) electrons. The Kier molecular flexibility index (Phi) is 4.91. The molecule has 0 aliphatic carbocycles. The molecule has 128 valence electrons. The zero-order valence-electron chi connectivity index (χ0n) is 13.8. The fourth-order valence-electron chi connectivity index (χ4n) is 2.13. The van der Waals surface area contributed by atoms with Gasteiger partial charge in [0.2, 0.25) is 0 Å². The van der Waals surface area contributed by atoms with Crippen LogP contribution in [0, 0.1) is 5.82 Å². The number of ketones is 1. The molecular formula is C15H18FN5O3. The number of aromatic nitrogens is 4. The van der Waals surface area contributed by atoms with Crippen molar-refractivity contribution in [2.75, 3.05) is 4.90 Å². The third kappa shape index (κ3) is 3.24. The first-order valence-corrected chi connectivity index (χ1v) is 7.38. The summed E-state index contributed by atoms with van der Waals surface area (Å²) in [5.74, 6) is -0.718. The monoisotopic (exact) mass is 335 g/mol. The minimum Gasteiger partial charge on any atom is -0.298 e. The molecule has 0 spiro atoms. The van der Waals surface area contributed by atoms with E-state index in [0.717, 1.165) is 4.68 Å². The summed E-state index contributed by atoms with van der Waals surface area (Å²) >= 11 is 0. The van der Waals surface area contributed by atoms with Crippen LogP contribution in [0.3, 0.4) is 0 Å². The van der Waals surface area contributed by atoms with Gasteiger partial charge in [-0.25, -0.2) is 14.0 Å². The number of carbonyl (C=O) groups is 2. The molecule has 0 N–H and O–H groups in total. The third-order valence-corrected chi connectivity index (χ3v) is 3.57. The molecule has 0 saturated heterocycles. The molecule has 0 aliphatic rings. The van der Waals surface area contributed by atoms with Gasteiger partial charge in [-0.1, -0.05) is 0 Å². The van der Waals surface area contributed by atoms with E-state index in [2.05, 4.69) is 10.4 Å². The summed E-state index contributed by atoms with van der Waals surface area (Å²) in [6.45, 7) is 6.30. The van der Waals surface area contributed by atoms with Gasteiger partial charge in [-0.2, -0.15) is 4.68 Å². The number of tetrazole rings is 1. The second kappa shape index (κ2) is 6.73. The van der Waals surface area contributed by atoms with Gasteiger partial charge in [0.25, 0.3) is 0 Å². The van der Waals surface area contributed by atoms with Crippen LogP contribution in [0.5, 0.6) is 0 Å². The number of anilines is 1. The van der Waals surface area contributed by atoms with E-state index >= 15 is 0 Å². The molecule has 2 rings (SSSR count). The molecule has 0 bridgehead atoms. The topological polar surface area (TPSA) is 90.1 Å². The smallest absolute Gasteiger partial charge is 0.298 e. The number of amides is 1. The first-order chi connectivity index (χ1) is 11.2. The van der Waals surface area contributed by atoms with Crippen molar-refractivity contribution >= 4 is 17.5 Å². The Hall–Kier alpha value is -2.84. The van der Waals surface area contributed by atoms with E-state index in [9.17, 15) is 18.8 Å². The summed E-state index contributed by atoms with van der Waals surface area (Å²) in [7, 11) is 0. The summed E-state index contributed by atoms with van der Waals surface area (Å²) in [6, 6.07) is 3.43. The normalized spacial score (nSPS) is 12.2. The lowest BCUT2D eigenvalue weighted by Crippen LogP contribution is -2.45. The molecule has 1 heterocycles. The molecule has 2 aromatic rings. The summed E-state index contributed by atoms with van der Waals surface area (Å²) in [4.78, 5) is 37.7. The number of hydrogen-bond donors (Lipinski definition) is 0. The average Bonchev–Trinajstić information content (AvgIpc) is 2.89. The Bertz CT molecular complexity index is 809. The highest BCUT2D eigenvalue weighted by atomic mass is 19.1. The Morgan fingerprint density at radius 1 is 1.12 bits per heavy atom. The van der Waals surface area contributed by atoms with E-state index in [4.69, 9.17) is 0 Å². The van der Waals surface area contributed by atoms with Crippen molar-refractivity contribution in [1.29, 1.82) is 0 Å². The highest BCUT2D eigenvalue weighted by Crippen LogP contribution is 2.18. The van der Waals surface area contributed by atoms with Crippen LogP contribution in [0.25, 0.3) is 0 Å². The van der Waals surface area contributed by atoms with Crippen LogP contribution in [0.15, 0.2) is 29.1 Å². The molecule has 1 aromatic carbocycles. The lowest BCUT2D eigenvalue weighted by atomic mass is 10.2. The van der Waals surface area contributed by atoms with Crippen LogP contribution in [-0.4, -0.2) is 37.6 Å². The Morgan fingerprint density at radius 2 is 1.71 bits per heavy atom. The maximum Gasteiger partial charge on any atom is 0.373 e. The second-order valence-corrected chi connectivity index (χ2v) is 5.63. The van der Waals surface area contributed by atoms with Crippen molar-refractivity contribution in [3.8, 4) is 0 Å². The van der Waals surface area contributed by atoms with Crippen LogP contribution in [-0.2, 0) is 4.79 Å². The molecule has 0 fully saturated rings. The molecule has 8 nitrogen and oxygen atoms in total. The third-order valence-electron chi connectivity index (χ3n) is 3.57. The van der Waals surface area contributed by atoms with E-state index in [1.54, 1.807) is 13.8 Å². The zero-order chi connectivity index (χ0) is 18.0. The van der Waals surface area contributed by atoms with Crippen molar-refractivity contribution in [3.05, 3.63) is 40.6 Å². The van der Waals surface area contributed by atoms with Gasteiger partial charge in [0.05, 0.1) is 0 Å². The zero-order valence-corrected chi connectivity index (χ0v) is 13.8. The van der Waals surface area contributed by atoms with Crippen LogP contribution < -0.4 is 10.6 Å². The molecule has 1 amide bonds. The van der Waals surface area contributed by atoms with Gasteiger partial charge in [0.1, 0.15) is 11.9 Å². The molecule has 1 aromatic heterocycles. The molecule has 1 unspecified atom stereocenters. The molecule has 0 aliphatic heterocycles. The second-order valence-electron chi connectivity index (χ2n) is 5.63. The number of benzene rings is 1. The predicted molar refractivity (Wildman–Crippen MR) is 84.5 cm³/mol. The van der Waals surface area contributed by atoms with Crippen LogP contribution in [0.1, 0.15) is 33.7 Å². The summed E-state index contributed by atoms with van der Waals surface area (Å²) in [5, 5.41) is 7.16. The Balaban J connectivity index is 2.43. The van der Waals surface area contributed by atoms with Gasteiger partial charge in [-0.15, -0.1) is 4.68 Å². The van der Waals surface area contributed by atoms with Crippen molar-refractivity contribution in [2.24, 2.45) is 0 Å². The van der Waals surface area contributed by atoms with Gasteiger partial charge >= 0.3 is 11.7 Å². The minimum atomic E-state index is -0.822. The lowest BCUT2D eigenvalue weighted by Gasteiger charge is -2.25. The number of nitrogens with zero attached hydrogens (tertiary/aromatic N) is 5. The van der Waals surface area contributed by atoms with E-state index in [1.165, 1.54) is 43.0 Å². The first kappa shape index (κ1) is 17.5. The van der Waals surface area contributed by atoms with Crippen molar-refractivity contribution in [2.45, 2.75) is 39.8 Å². The van der Waals surface area contributed by atoms with Crippen LogP contribution in [0.4, 0.5) is 14.9 Å². The van der Waals surface area contributed by atoms with Crippen LogP contribution >= 0.6 is 0 Å². The average molecular weight is 335 g/mol. The number of hydrogen-bond acceptors (Lipinski definition) is 5. The van der Waals surface area contributed by atoms with E-state index in [1.807, 2.05) is 0 Å². The SMILES string of the molecule is CC(=O)C(C)n1nnn(C(=O)N(c2ccc(F)cc2)C(C)C)c1=O. The number of carbonyl (C=O) groups excluding carboxylic acids is 2. The van der Waals surface area contributed by atoms with Crippen LogP contribution in [0.2, 0.25) is 0 Å². The molecule has 9 heteroatoms. The number of rotatable bonds is 4. The highest BCUT2D eigenvalue weighted by molar-refractivity contribution is 5.93. The van der Waals surface area contributed by atoms with Gasteiger partial charge in [-0.05, 0) is 62.4 Å². The minimum absolute atomic E-state index is 0.282. The lowest BCUT2D eigenvalue weighted by molar-refractivity contribution is -0.120. The summed E-state index contributed by atoms with van der Waals surface area (Å²) in [6.07, 6.45) is 0. The van der Waals surface area contributed by atoms with Gasteiger partial charge in [0, 0.05) is 11.7 Å². The largest absolute Gasteiger partial charge is 0.373 e. The molecular weight excluding hydrogens is 317 g/mol. The fraction of sp³-hybridized carbons (Fsp3) is 0.400. The molecule has 1 atom stereocenters. The molecule has 24 heavy (non-hydrogen) atoms. The summed E-state index contributed by atoms with van der Waals surface area (Å²) in [5.41, 5.74) is -0.395. The van der Waals surface area contributed by atoms with E-state index in [-0.39, 0.29) is 11.8 Å². The quantitative estimate of drug-likeness (QED) is 0.792. The first-order valence-electron chi connectivity index (χ1n) is 7.38. The van der Waals surface area contributed by atoms with Crippen molar-refractivity contribution < 1.29 is 14.0 Å². The van der Waals surface area contributed by atoms with Gasteiger partial charge in [0.15, 0.2) is 5.78 Å². The van der Waals surface area contributed by atoms with Crippen molar-refractivity contribution in [1.82, 2.24) is 19.8 Å². The number of halogens is 1. The fourth-order valence-corrected chi connectivity index (χ4v) is 2.13. The van der Waals surface area contributed by atoms with Gasteiger partial charge in [-0.3, -0.25) is 9.69 Å². The van der Waals surface area contributed by atoms with E-state index in [0.29, 0.717) is 10.4 Å². The molecule has 0 saturated carbocycles. The number of Topliss-reactive ketones (excluding diaryl/α,β-unsaturated/α-hetero) is 1. The van der Waals surface area contributed by atoms with Crippen molar-refractivity contribution in [3.63, 3.8) is 0 Å². The van der Waals surface area contributed by atoms with E-state index < -0.39 is 23.6 Å². The van der Waals surface area contributed by atoms with Gasteiger partial charge < -0.3 is 0 Å². The summed E-state index contributed by atoms with van der Waals surface area (Å²) < 4.78 is 14.5. The maximum atomic E-state index is 13.1. The standard InChI is InChI=1S/C15H18FN5O3/c1-9(2)19(13-7-5-12(16)6-8-13)14(23)21-15(24)20(17-18-21)10(3)11(4)22/h5-10H,1-4H3. The highest BCUT2D eigenvalue weighted by Gasteiger charge is 2.26. The Morgan fingerprint density at radius 3 is 2.21 bits per heavy atom. The predicted octanol–water partition coefficient (Wildman–Crippen LogP) is 1.61.